The fraction of sp³-hybridized carbons (Fsp3) is 0.174. The standard InChI is InChI=1S/C23H22N2O3/c26-23(24-15-19-16-27-20-13-7-8-14-21(20)28-19)25-22(17-9-3-1-4-10-17)18-11-5-2-6-12-18/h1-14,19,22H,15-16H2,(H2,24,25,26). The van der Waals surface area contributed by atoms with E-state index in [1.54, 1.807) is 0 Å². The Kier molecular flexibility index (Phi) is 5.43. The minimum Gasteiger partial charge on any atom is -0.486 e. The Labute approximate surface area is 164 Å². The van der Waals surface area contributed by atoms with Crippen LogP contribution in [-0.4, -0.2) is 25.3 Å². The molecule has 0 bridgehead atoms. The Morgan fingerprint density at radius 1 is 0.857 bits per heavy atom. The Balaban J connectivity index is 1.39. The number of ether oxygens (including phenoxy) is 2. The quantitative estimate of drug-likeness (QED) is 0.712. The summed E-state index contributed by atoms with van der Waals surface area (Å²) in [4.78, 5) is 12.6. The van der Waals surface area contributed by atoms with Crippen molar-refractivity contribution in [2.75, 3.05) is 13.2 Å². The van der Waals surface area contributed by atoms with Crippen molar-refractivity contribution in [1.29, 1.82) is 0 Å². The highest BCUT2D eigenvalue weighted by molar-refractivity contribution is 5.75. The zero-order valence-corrected chi connectivity index (χ0v) is 15.4. The largest absolute Gasteiger partial charge is 0.486 e. The summed E-state index contributed by atoms with van der Waals surface area (Å²) in [6, 6.07) is 26.9. The van der Waals surface area contributed by atoms with E-state index in [0.717, 1.165) is 16.9 Å². The van der Waals surface area contributed by atoms with E-state index in [-0.39, 0.29) is 18.2 Å². The summed E-state index contributed by atoms with van der Waals surface area (Å²) in [5.41, 5.74) is 2.05. The molecule has 5 heteroatoms. The summed E-state index contributed by atoms with van der Waals surface area (Å²) in [6.45, 7) is 0.758. The minimum atomic E-state index is -0.250. The van der Waals surface area contributed by atoms with Gasteiger partial charge in [0.1, 0.15) is 6.61 Å². The molecule has 0 saturated heterocycles. The molecule has 1 aliphatic rings. The van der Waals surface area contributed by atoms with Gasteiger partial charge >= 0.3 is 6.03 Å². The molecule has 2 N–H and O–H groups in total. The summed E-state index contributed by atoms with van der Waals surface area (Å²) in [6.07, 6.45) is -0.229. The van der Waals surface area contributed by atoms with Crippen LogP contribution in [0, 0.1) is 0 Å². The van der Waals surface area contributed by atoms with Gasteiger partial charge in [-0.3, -0.25) is 0 Å². The second kappa shape index (κ2) is 8.48. The van der Waals surface area contributed by atoms with Gasteiger partial charge in [-0.15, -0.1) is 0 Å². The van der Waals surface area contributed by atoms with E-state index in [4.69, 9.17) is 9.47 Å². The third kappa shape index (κ3) is 4.26. The minimum absolute atomic E-state index is 0.229. The van der Waals surface area contributed by atoms with Crippen molar-refractivity contribution in [3.05, 3.63) is 96.1 Å². The maximum Gasteiger partial charge on any atom is 0.315 e. The van der Waals surface area contributed by atoms with Gasteiger partial charge in [-0.05, 0) is 23.3 Å². The molecule has 0 aliphatic carbocycles. The lowest BCUT2D eigenvalue weighted by molar-refractivity contribution is 0.0917. The number of carbonyl (C=O) groups is 1. The van der Waals surface area contributed by atoms with Crippen LogP contribution < -0.4 is 20.1 Å². The van der Waals surface area contributed by atoms with Crippen molar-refractivity contribution in [1.82, 2.24) is 10.6 Å². The first-order valence-electron chi connectivity index (χ1n) is 9.32. The third-order valence-electron chi connectivity index (χ3n) is 4.60. The smallest absolute Gasteiger partial charge is 0.315 e. The molecule has 3 aromatic rings. The van der Waals surface area contributed by atoms with E-state index in [2.05, 4.69) is 10.6 Å². The third-order valence-corrected chi connectivity index (χ3v) is 4.60. The Morgan fingerprint density at radius 2 is 1.43 bits per heavy atom. The maximum atomic E-state index is 12.6. The van der Waals surface area contributed by atoms with Gasteiger partial charge in [0.05, 0.1) is 12.6 Å². The van der Waals surface area contributed by atoms with Gasteiger partial charge in [0.15, 0.2) is 17.6 Å². The van der Waals surface area contributed by atoms with Crippen LogP contribution in [0.3, 0.4) is 0 Å². The lowest BCUT2D eigenvalue weighted by Gasteiger charge is -2.27. The van der Waals surface area contributed by atoms with Gasteiger partial charge in [-0.1, -0.05) is 72.8 Å². The summed E-state index contributed by atoms with van der Waals surface area (Å²) in [7, 11) is 0. The van der Waals surface area contributed by atoms with E-state index in [1.807, 2.05) is 84.9 Å². The number of para-hydroxylation sites is 2. The molecule has 3 aromatic carbocycles. The van der Waals surface area contributed by atoms with Gasteiger partial charge in [-0.25, -0.2) is 4.79 Å². The lowest BCUT2D eigenvalue weighted by Crippen LogP contribution is -2.45. The fourth-order valence-electron chi connectivity index (χ4n) is 3.20. The van der Waals surface area contributed by atoms with E-state index in [9.17, 15) is 4.79 Å². The Morgan fingerprint density at radius 3 is 2.07 bits per heavy atom. The van der Waals surface area contributed by atoms with E-state index >= 15 is 0 Å². The van der Waals surface area contributed by atoms with Crippen LogP contribution in [-0.2, 0) is 0 Å². The predicted octanol–water partition coefficient (Wildman–Crippen LogP) is 3.92. The van der Waals surface area contributed by atoms with Crippen molar-refractivity contribution in [3.63, 3.8) is 0 Å². The van der Waals surface area contributed by atoms with E-state index < -0.39 is 0 Å². The average molecular weight is 374 g/mol. The molecular formula is C23H22N2O3. The highest BCUT2D eigenvalue weighted by atomic mass is 16.6. The second-order valence-corrected chi connectivity index (χ2v) is 6.61. The highest BCUT2D eigenvalue weighted by Gasteiger charge is 2.22. The molecule has 0 spiro atoms. The van der Waals surface area contributed by atoms with Gasteiger partial charge < -0.3 is 20.1 Å². The molecular weight excluding hydrogens is 352 g/mol. The Bertz CT molecular complexity index is 876. The highest BCUT2D eigenvalue weighted by Crippen LogP contribution is 2.30. The lowest BCUT2D eigenvalue weighted by atomic mass is 9.99. The molecule has 4 rings (SSSR count). The summed E-state index contributed by atoms with van der Waals surface area (Å²) >= 11 is 0. The molecule has 0 aromatic heterocycles. The second-order valence-electron chi connectivity index (χ2n) is 6.61. The topological polar surface area (TPSA) is 59.6 Å². The van der Waals surface area contributed by atoms with Gasteiger partial charge in [0, 0.05) is 0 Å². The number of fused-ring (bicyclic) bond motifs is 1. The van der Waals surface area contributed by atoms with Crippen molar-refractivity contribution >= 4 is 6.03 Å². The van der Waals surface area contributed by atoms with Crippen LogP contribution in [0.2, 0.25) is 0 Å². The van der Waals surface area contributed by atoms with Crippen LogP contribution in [0.4, 0.5) is 4.79 Å². The van der Waals surface area contributed by atoms with Crippen LogP contribution in [0.25, 0.3) is 0 Å². The monoisotopic (exact) mass is 374 g/mol. The number of nitrogens with one attached hydrogen (secondary N) is 2. The van der Waals surface area contributed by atoms with Crippen molar-refractivity contribution in [2.45, 2.75) is 12.1 Å². The fourth-order valence-corrected chi connectivity index (χ4v) is 3.20. The van der Waals surface area contributed by atoms with Gasteiger partial charge in [0.2, 0.25) is 0 Å². The summed E-state index contributed by atoms with van der Waals surface area (Å²) < 4.78 is 11.6. The molecule has 142 valence electrons. The number of carbonyl (C=O) groups excluding carboxylic acids is 1. The molecule has 28 heavy (non-hydrogen) atoms. The first kappa shape index (κ1) is 17.9. The molecule has 1 unspecified atom stereocenters. The number of benzene rings is 3. The number of urea groups is 1. The summed E-state index contributed by atoms with van der Waals surface area (Å²) in [5, 5.41) is 5.96. The van der Waals surface area contributed by atoms with Crippen LogP contribution in [0.5, 0.6) is 11.5 Å². The molecule has 0 radical (unpaired) electrons. The number of hydrogen-bond acceptors (Lipinski definition) is 3. The van der Waals surface area contributed by atoms with Gasteiger partial charge in [-0.2, -0.15) is 0 Å². The zero-order valence-electron chi connectivity index (χ0n) is 15.4. The van der Waals surface area contributed by atoms with Crippen molar-refractivity contribution < 1.29 is 14.3 Å². The normalized spacial score (nSPS) is 15.1. The molecule has 1 aliphatic heterocycles. The number of amides is 2. The van der Waals surface area contributed by atoms with Crippen LogP contribution in [0.15, 0.2) is 84.9 Å². The molecule has 5 nitrogen and oxygen atoms in total. The first-order chi connectivity index (χ1) is 13.8. The van der Waals surface area contributed by atoms with Crippen molar-refractivity contribution in [2.24, 2.45) is 0 Å². The maximum absolute atomic E-state index is 12.6. The summed E-state index contributed by atoms with van der Waals surface area (Å²) in [5.74, 6) is 1.43. The SMILES string of the molecule is O=C(NCC1COc2ccccc2O1)NC(c1ccccc1)c1ccccc1. The van der Waals surface area contributed by atoms with Crippen molar-refractivity contribution in [3.8, 4) is 11.5 Å². The van der Waals surface area contributed by atoms with Crippen LogP contribution in [0.1, 0.15) is 17.2 Å². The van der Waals surface area contributed by atoms with E-state index in [0.29, 0.717) is 18.9 Å². The molecule has 1 heterocycles. The molecule has 2 amide bonds. The van der Waals surface area contributed by atoms with E-state index in [1.165, 1.54) is 0 Å². The average Bonchev–Trinajstić information content (AvgIpc) is 2.77. The first-order valence-corrected chi connectivity index (χ1v) is 9.32. The zero-order chi connectivity index (χ0) is 19.2. The number of rotatable bonds is 5. The molecule has 0 fully saturated rings. The predicted molar refractivity (Wildman–Crippen MR) is 108 cm³/mol. The molecule has 0 saturated carbocycles. The molecule has 1 atom stereocenters. The number of hydrogen-bond donors (Lipinski definition) is 2. The Hall–Kier alpha value is -3.47. The van der Waals surface area contributed by atoms with Gasteiger partial charge in [0.25, 0.3) is 0 Å². The van der Waals surface area contributed by atoms with Crippen LogP contribution >= 0.6 is 0 Å².